The summed E-state index contributed by atoms with van der Waals surface area (Å²) in [4.78, 5) is 24.6. The molecule has 2 N–H and O–H groups in total. The molecule has 6 heteroatoms. The second-order valence-corrected chi connectivity index (χ2v) is 6.03. The van der Waals surface area contributed by atoms with Crippen LogP contribution in [-0.2, 0) is 4.79 Å². The van der Waals surface area contributed by atoms with E-state index in [9.17, 15) is 9.59 Å². The van der Waals surface area contributed by atoms with Gasteiger partial charge in [0, 0.05) is 27.7 Å². The molecule has 0 bridgehead atoms. The van der Waals surface area contributed by atoms with Crippen LogP contribution in [0.2, 0.25) is 5.02 Å². The highest BCUT2D eigenvalue weighted by Gasteiger charge is 2.07. The minimum absolute atomic E-state index is 0.231. The number of amides is 2. The smallest absolute Gasteiger partial charge is 0.269 e. The average Bonchev–Trinajstić information content (AvgIpc) is 2.54. The average molecular weight is 335 g/mol. The summed E-state index contributed by atoms with van der Waals surface area (Å²) in [6.45, 7) is 0. The maximum absolute atomic E-state index is 11.8. The fraction of sp³-hybridized carbons (Fsp3) is 0.125. The Balaban J connectivity index is 1.69. The van der Waals surface area contributed by atoms with Gasteiger partial charge in [-0.3, -0.25) is 20.4 Å². The summed E-state index contributed by atoms with van der Waals surface area (Å²) >= 11 is 7.34. The third-order valence-electron chi connectivity index (χ3n) is 2.76. The molecular weight excluding hydrogens is 320 g/mol. The Kier molecular flexibility index (Phi) is 6.30. The van der Waals surface area contributed by atoms with Crippen molar-refractivity contribution in [3.8, 4) is 0 Å². The lowest BCUT2D eigenvalue weighted by atomic mass is 10.2. The Morgan fingerprint density at radius 3 is 2.32 bits per heavy atom. The van der Waals surface area contributed by atoms with E-state index in [2.05, 4.69) is 10.9 Å². The van der Waals surface area contributed by atoms with Gasteiger partial charge in [-0.1, -0.05) is 29.8 Å². The Hall–Kier alpha value is -1.98. The van der Waals surface area contributed by atoms with E-state index < -0.39 is 0 Å². The van der Waals surface area contributed by atoms with Gasteiger partial charge in [-0.25, -0.2) is 0 Å². The number of carbonyl (C=O) groups is 2. The lowest BCUT2D eigenvalue weighted by molar-refractivity contribution is -0.121. The third kappa shape index (κ3) is 5.42. The predicted octanol–water partition coefficient (Wildman–Crippen LogP) is 3.28. The second kappa shape index (κ2) is 8.46. The standard InChI is InChI=1S/C16H15ClN2O2S/c17-13-8-6-12(7-9-13)16(21)19-18-15(20)10-11-22-14-4-2-1-3-5-14/h1-9H,10-11H2,(H,18,20)(H,19,21). The van der Waals surface area contributed by atoms with Crippen LogP contribution in [0.3, 0.4) is 0 Å². The lowest BCUT2D eigenvalue weighted by Gasteiger charge is -2.07. The molecule has 0 spiro atoms. The van der Waals surface area contributed by atoms with Crippen molar-refractivity contribution in [3.05, 3.63) is 65.2 Å². The molecular formula is C16H15ClN2O2S. The molecule has 4 nitrogen and oxygen atoms in total. The first-order valence-electron chi connectivity index (χ1n) is 6.68. The highest BCUT2D eigenvalue weighted by Crippen LogP contribution is 2.17. The maximum atomic E-state index is 11.8. The Morgan fingerprint density at radius 2 is 1.64 bits per heavy atom. The number of hydrogen-bond acceptors (Lipinski definition) is 3. The number of hydrogen-bond donors (Lipinski definition) is 2. The molecule has 0 aliphatic heterocycles. The van der Waals surface area contributed by atoms with E-state index >= 15 is 0 Å². The SMILES string of the molecule is O=C(CCSc1ccccc1)NNC(=O)c1ccc(Cl)cc1. The zero-order valence-electron chi connectivity index (χ0n) is 11.7. The molecule has 2 rings (SSSR count). The van der Waals surface area contributed by atoms with Crippen molar-refractivity contribution < 1.29 is 9.59 Å². The van der Waals surface area contributed by atoms with Crippen LogP contribution in [0.25, 0.3) is 0 Å². The first-order valence-corrected chi connectivity index (χ1v) is 8.04. The van der Waals surface area contributed by atoms with E-state index in [1.807, 2.05) is 30.3 Å². The van der Waals surface area contributed by atoms with E-state index in [4.69, 9.17) is 11.6 Å². The van der Waals surface area contributed by atoms with Gasteiger partial charge < -0.3 is 0 Å². The molecule has 2 aromatic rings. The number of rotatable bonds is 5. The van der Waals surface area contributed by atoms with Gasteiger partial charge in [0.2, 0.25) is 5.91 Å². The van der Waals surface area contributed by atoms with Crippen LogP contribution >= 0.6 is 23.4 Å². The Labute approximate surface area is 138 Å². The van der Waals surface area contributed by atoms with Crippen molar-refractivity contribution in [2.45, 2.75) is 11.3 Å². The summed E-state index contributed by atoms with van der Waals surface area (Å²) in [6.07, 6.45) is 0.320. The van der Waals surface area contributed by atoms with E-state index in [-0.39, 0.29) is 11.8 Å². The van der Waals surface area contributed by atoms with Gasteiger partial charge in [-0.15, -0.1) is 11.8 Å². The van der Waals surface area contributed by atoms with Crippen LogP contribution in [0.5, 0.6) is 0 Å². The monoisotopic (exact) mass is 334 g/mol. The molecule has 0 radical (unpaired) electrons. The number of halogens is 1. The molecule has 0 aliphatic rings. The maximum Gasteiger partial charge on any atom is 0.269 e. The van der Waals surface area contributed by atoms with Crippen molar-refractivity contribution in [3.63, 3.8) is 0 Å². The fourth-order valence-electron chi connectivity index (χ4n) is 1.64. The van der Waals surface area contributed by atoms with E-state index in [1.54, 1.807) is 36.0 Å². The minimum atomic E-state index is -0.374. The van der Waals surface area contributed by atoms with Gasteiger partial charge in [0.25, 0.3) is 5.91 Å². The van der Waals surface area contributed by atoms with E-state index in [0.29, 0.717) is 22.8 Å². The van der Waals surface area contributed by atoms with E-state index in [1.165, 1.54) is 0 Å². The van der Waals surface area contributed by atoms with Crippen molar-refractivity contribution >= 4 is 35.2 Å². The van der Waals surface area contributed by atoms with Gasteiger partial charge in [0.15, 0.2) is 0 Å². The normalized spacial score (nSPS) is 10.0. The minimum Gasteiger partial charge on any atom is -0.273 e. The molecule has 114 valence electrons. The molecule has 0 atom stereocenters. The molecule has 0 fully saturated rings. The molecule has 0 aromatic heterocycles. The molecule has 0 heterocycles. The van der Waals surface area contributed by atoms with Gasteiger partial charge >= 0.3 is 0 Å². The van der Waals surface area contributed by atoms with Gasteiger partial charge in [-0.2, -0.15) is 0 Å². The second-order valence-electron chi connectivity index (χ2n) is 4.42. The largest absolute Gasteiger partial charge is 0.273 e. The number of nitrogens with one attached hydrogen (secondary N) is 2. The molecule has 22 heavy (non-hydrogen) atoms. The molecule has 0 unspecified atom stereocenters. The van der Waals surface area contributed by atoms with Gasteiger partial charge in [-0.05, 0) is 36.4 Å². The quantitative estimate of drug-likeness (QED) is 0.651. The highest BCUT2D eigenvalue weighted by molar-refractivity contribution is 7.99. The fourth-order valence-corrected chi connectivity index (χ4v) is 2.64. The first-order chi connectivity index (χ1) is 10.6. The Morgan fingerprint density at radius 1 is 0.955 bits per heavy atom. The van der Waals surface area contributed by atoms with Crippen LogP contribution < -0.4 is 10.9 Å². The number of carbonyl (C=O) groups excluding carboxylic acids is 2. The summed E-state index contributed by atoms with van der Waals surface area (Å²) in [6, 6.07) is 16.3. The van der Waals surface area contributed by atoms with Crippen molar-refractivity contribution in [2.75, 3.05) is 5.75 Å². The summed E-state index contributed by atoms with van der Waals surface area (Å²) in [5.41, 5.74) is 5.21. The third-order valence-corrected chi connectivity index (χ3v) is 4.03. The highest BCUT2D eigenvalue weighted by atomic mass is 35.5. The summed E-state index contributed by atoms with van der Waals surface area (Å²) in [5.74, 6) is 0.0404. The zero-order valence-corrected chi connectivity index (χ0v) is 13.3. The molecule has 0 saturated heterocycles. The number of hydrazine groups is 1. The van der Waals surface area contributed by atoms with Crippen molar-refractivity contribution in [1.82, 2.24) is 10.9 Å². The Bertz CT molecular complexity index is 632. The van der Waals surface area contributed by atoms with Crippen LogP contribution in [0, 0.1) is 0 Å². The van der Waals surface area contributed by atoms with Crippen molar-refractivity contribution in [2.24, 2.45) is 0 Å². The topological polar surface area (TPSA) is 58.2 Å². The van der Waals surface area contributed by atoms with Crippen LogP contribution in [0.1, 0.15) is 16.8 Å². The number of thioether (sulfide) groups is 1. The van der Waals surface area contributed by atoms with Crippen LogP contribution in [-0.4, -0.2) is 17.6 Å². The van der Waals surface area contributed by atoms with E-state index in [0.717, 1.165) is 4.90 Å². The molecule has 2 amide bonds. The molecule has 0 aliphatic carbocycles. The molecule has 2 aromatic carbocycles. The zero-order chi connectivity index (χ0) is 15.8. The van der Waals surface area contributed by atoms with Crippen LogP contribution in [0.15, 0.2) is 59.5 Å². The summed E-state index contributed by atoms with van der Waals surface area (Å²) in [7, 11) is 0. The van der Waals surface area contributed by atoms with Gasteiger partial charge in [0.1, 0.15) is 0 Å². The first kappa shape index (κ1) is 16.4. The van der Waals surface area contributed by atoms with Crippen LogP contribution in [0.4, 0.5) is 0 Å². The summed E-state index contributed by atoms with van der Waals surface area (Å²) in [5, 5.41) is 0.554. The number of benzene rings is 2. The van der Waals surface area contributed by atoms with Crippen molar-refractivity contribution in [1.29, 1.82) is 0 Å². The van der Waals surface area contributed by atoms with Gasteiger partial charge in [0.05, 0.1) is 0 Å². The predicted molar refractivity (Wildman–Crippen MR) is 88.8 cm³/mol. The lowest BCUT2D eigenvalue weighted by Crippen LogP contribution is -2.41. The summed E-state index contributed by atoms with van der Waals surface area (Å²) < 4.78 is 0. The molecule has 0 saturated carbocycles.